The van der Waals surface area contributed by atoms with Crippen molar-refractivity contribution in [1.29, 1.82) is 0 Å². The lowest BCUT2D eigenvalue weighted by Crippen LogP contribution is -1.81. The van der Waals surface area contributed by atoms with Gasteiger partial charge in [0.25, 0.3) is 0 Å². The van der Waals surface area contributed by atoms with E-state index in [9.17, 15) is 0 Å². The first-order valence-electron chi connectivity index (χ1n) is 6.38. The van der Waals surface area contributed by atoms with Crippen molar-refractivity contribution in [2.45, 2.75) is 47.0 Å². The van der Waals surface area contributed by atoms with Crippen LogP contribution in [0.25, 0.3) is 0 Å². The van der Waals surface area contributed by atoms with Gasteiger partial charge in [-0.2, -0.15) is 0 Å². The maximum Gasteiger partial charge on any atom is 0.0433 e. The fourth-order valence-corrected chi connectivity index (χ4v) is 1.03. The van der Waals surface area contributed by atoms with Crippen LogP contribution in [0.3, 0.4) is 0 Å². The lowest BCUT2D eigenvalue weighted by atomic mass is 10.1. The summed E-state index contributed by atoms with van der Waals surface area (Å²) in [4.78, 5) is 0. The molecule has 0 N–H and O–H groups in total. The van der Waals surface area contributed by atoms with Crippen molar-refractivity contribution < 1.29 is 4.74 Å². The number of unbranched alkanes of at least 4 members (excludes halogenated alkanes) is 1. The fourth-order valence-electron chi connectivity index (χ4n) is 1.03. The van der Waals surface area contributed by atoms with E-state index in [0.717, 1.165) is 6.61 Å². The molecule has 1 nitrogen and oxygen atoms in total. The van der Waals surface area contributed by atoms with E-state index in [0.29, 0.717) is 0 Å². The molecule has 0 aliphatic rings. The lowest BCUT2D eigenvalue weighted by Gasteiger charge is -1.96. The summed E-state index contributed by atoms with van der Waals surface area (Å²) in [5, 5.41) is 0. The zero-order chi connectivity index (χ0) is 12.6. The molecule has 0 heterocycles. The van der Waals surface area contributed by atoms with Crippen molar-refractivity contribution >= 4 is 0 Å². The third kappa shape index (κ3) is 13.2. The molecule has 0 radical (unpaired) electrons. The van der Waals surface area contributed by atoms with Gasteiger partial charge in [0.2, 0.25) is 0 Å². The third-order valence-corrected chi connectivity index (χ3v) is 1.95. The van der Waals surface area contributed by atoms with E-state index in [-0.39, 0.29) is 0 Å². The number of rotatable bonds is 4. The maximum absolute atomic E-state index is 4.54. The Kier molecular flexibility index (Phi) is 18.2. The van der Waals surface area contributed by atoms with Gasteiger partial charge in [0, 0.05) is 13.7 Å². The average Bonchev–Trinajstić information content (AvgIpc) is 2.40. The van der Waals surface area contributed by atoms with Gasteiger partial charge in [-0.05, 0) is 25.3 Å². The predicted molar refractivity (Wildman–Crippen MR) is 74.0 cm³/mol. The summed E-state index contributed by atoms with van der Waals surface area (Å²) < 4.78 is 4.54. The quantitative estimate of drug-likeness (QED) is 0.720. The first kappa shape index (κ1) is 17.6. The average molecular weight is 224 g/mol. The van der Waals surface area contributed by atoms with Gasteiger partial charge in [0.15, 0.2) is 0 Å². The van der Waals surface area contributed by atoms with Crippen LogP contribution in [0.4, 0.5) is 0 Å². The monoisotopic (exact) mass is 224 g/mol. The normalized spacial score (nSPS) is 8.31. The predicted octanol–water partition coefficient (Wildman–Crippen LogP) is 4.71. The molecule has 0 bridgehead atoms. The van der Waals surface area contributed by atoms with Gasteiger partial charge < -0.3 is 4.74 Å². The van der Waals surface area contributed by atoms with E-state index in [1.165, 1.54) is 24.8 Å². The molecule has 94 valence electrons. The molecule has 1 heteroatoms. The Balaban J connectivity index is 0. The summed E-state index contributed by atoms with van der Waals surface area (Å²) in [6.45, 7) is 9.00. The fraction of sp³-hybridized carbons (Fsp3) is 0.600. The molecule has 0 fully saturated rings. The van der Waals surface area contributed by atoms with Crippen LogP contribution in [0.15, 0.2) is 30.3 Å². The highest BCUT2D eigenvalue weighted by atomic mass is 16.5. The van der Waals surface area contributed by atoms with Crippen LogP contribution in [-0.2, 0) is 11.2 Å². The molecule has 1 aromatic rings. The molecule has 0 spiro atoms. The van der Waals surface area contributed by atoms with Crippen LogP contribution in [0.2, 0.25) is 0 Å². The summed E-state index contributed by atoms with van der Waals surface area (Å²) in [6.07, 6.45) is 3.83. The molecule has 0 atom stereocenters. The summed E-state index contributed by atoms with van der Waals surface area (Å²) >= 11 is 0. The lowest BCUT2D eigenvalue weighted by molar-refractivity contribution is 0.215. The molecule has 0 amide bonds. The molecular formula is C15H28O. The van der Waals surface area contributed by atoms with Gasteiger partial charge >= 0.3 is 0 Å². The Hall–Kier alpha value is -0.820. The van der Waals surface area contributed by atoms with Crippen LogP contribution in [0.1, 0.15) is 46.1 Å². The Morgan fingerprint density at radius 1 is 1.00 bits per heavy atom. The standard InChI is InChI=1S/C10H14.C3H8O.C2H6/c1-2-3-7-10-8-5-4-6-9-10;1-3-4-2;1-2/h4-6,8-9H,2-3,7H2,1H3;3H2,1-2H3;1-2H3. The second kappa shape index (κ2) is 16.6. The highest BCUT2D eigenvalue weighted by Crippen LogP contribution is 2.03. The van der Waals surface area contributed by atoms with Gasteiger partial charge in [-0.1, -0.05) is 57.5 Å². The van der Waals surface area contributed by atoms with Crippen LogP contribution in [0, 0.1) is 0 Å². The van der Waals surface area contributed by atoms with Crippen molar-refractivity contribution in [2.75, 3.05) is 13.7 Å². The van der Waals surface area contributed by atoms with E-state index >= 15 is 0 Å². The van der Waals surface area contributed by atoms with Gasteiger partial charge in [0.1, 0.15) is 0 Å². The minimum atomic E-state index is 0.819. The second-order valence-corrected chi connectivity index (χ2v) is 3.17. The highest BCUT2D eigenvalue weighted by Gasteiger charge is 1.87. The molecule has 0 saturated carbocycles. The second-order valence-electron chi connectivity index (χ2n) is 3.17. The number of methoxy groups -OCH3 is 1. The van der Waals surface area contributed by atoms with E-state index in [1.54, 1.807) is 7.11 Å². The van der Waals surface area contributed by atoms with Crippen LogP contribution >= 0.6 is 0 Å². The number of benzene rings is 1. The zero-order valence-corrected chi connectivity index (χ0v) is 11.6. The molecule has 1 aromatic carbocycles. The summed E-state index contributed by atoms with van der Waals surface area (Å²) in [6, 6.07) is 10.6. The van der Waals surface area contributed by atoms with Gasteiger partial charge in [-0.25, -0.2) is 0 Å². The highest BCUT2D eigenvalue weighted by molar-refractivity contribution is 5.14. The maximum atomic E-state index is 4.54. The van der Waals surface area contributed by atoms with Crippen LogP contribution < -0.4 is 0 Å². The minimum Gasteiger partial charge on any atom is -0.385 e. The molecule has 0 saturated heterocycles. The molecule has 0 aromatic heterocycles. The van der Waals surface area contributed by atoms with Crippen molar-refractivity contribution in [2.24, 2.45) is 0 Å². The van der Waals surface area contributed by atoms with E-state index in [2.05, 4.69) is 42.0 Å². The number of aryl methyl sites for hydroxylation is 1. The van der Waals surface area contributed by atoms with Crippen molar-refractivity contribution in [3.63, 3.8) is 0 Å². The number of hydrogen-bond acceptors (Lipinski definition) is 1. The van der Waals surface area contributed by atoms with Crippen molar-refractivity contribution in [1.82, 2.24) is 0 Å². The number of hydrogen-bond donors (Lipinski definition) is 0. The van der Waals surface area contributed by atoms with E-state index < -0.39 is 0 Å². The SMILES string of the molecule is CC.CCCCc1ccccc1.CCOC. The van der Waals surface area contributed by atoms with Crippen molar-refractivity contribution in [3.05, 3.63) is 35.9 Å². The molecular weight excluding hydrogens is 196 g/mol. The Morgan fingerprint density at radius 2 is 1.50 bits per heavy atom. The van der Waals surface area contributed by atoms with Gasteiger partial charge in [-0.3, -0.25) is 0 Å². The van der Waals surface area contributed by atoms with Crippen LogP contribution in [0.5, 0.6) is 0 Å². The minimum absolute atomic E-state index is 0.819. The van der Waals surface area contributed by atoms with E-state index in [1.807, 2.05) is 20.8 Å². The molecule has 16 heavy (non-hydrogen) atoms. The molecule has 0 aliphatic carbocycles. The Labute approximate surface area is 102 Å². The first-order chi connectivity index (χ1) is 7.85. The molecule has 0 aliphatic heterocycles. The zero-order valence-electron chi connectivity index (χ0n) is 11.6. The summed E-state index contributed by atoms with van der Waals surface area (Å²) in [5.74, 6) is 0. The van der Waals surface area contributed by atoms with Crippen molar-refractivity contribution in [3.8, 4) is 0 Å². The molecule has 0 unspecified atom stereocenters. The Bertz CT molecular complexity index is 192. The summed E-state index contributed by atoms with van der Waals surface area (Å²) in [5.41, 5.74) is 1.46. The Morgan fingerprint density at radius 3 is 1.88 bits per heavy atom. The van der Waals surface area contributed by atoms with E-state index in [4.69, 9.17) is 0 Å². The topological polar surface area (TPSA) is 9.23 Å². The summed E-state index contributed by atoms with van der Waals surface area (Å²) in [7, 11) is 1.68. The van der Waals surface area contributed by atoms with Gasteiger partial charge in [-0.15, -0.1) is 0 Å². The first-order valence-corrected chi connectivity index (χ1v) is 6.38. The van der Waals surface area contributed by atoms with Gasteiger partial charge in [0.05, 0.1) is 0 Å². The molecule has 1 rings (SSSR count). The third-order valence-electron chi connectivity index (χ3n) is 1.95. The largest absolute Gasteiger partial charge is 0.385 e. The van der Waals surface area contributed by atoms with Crippen LogP contribution in [-0.4, -0.2) is 13.7 Å². The number of ether oxygens (including phenoxy) is 1. The smallest absolute Gasteiger partial charge is 0.0433 e.